The molecule has 1 aromatic heterocycles. The molecule has 0 radical (unpaired) electrons. The van der Waals surface area contributed by atoms with E-state index in [0.717, 1.165) is 0 Å². The van der Waals surface area contributed by atoms with Crippen LogP contribution >= 0.6 is 7.75 Å². The van der Waals surface area contributed by atoms with Crippen LogP contribution in [0.5, 0.6) is 5.75 Å². The zero-order chi connectivity index (χ0) is 26.5. The van der Waals surface area contributed by atoms with Gasteiger partial charge in [-0.05, 0) is 32.4 Å². The molecule has 1 aromatic carbocycles. The maximum absolute atomic E-state index is 13.7. The van der Waals surface area contributed by atoms with E-state index in [9.17, 15) is 18.9 Å². The molecule has 2 heterocycles. The number of esters is 1. The Morgan fingerprint density at radius 2 is 2.00 bits per heavy atom. The van der Waals surface area contributed by atoms with Crippen molar-refractivity contribution in [3.63, 3.8) is 0 Å². The molecule has 1 aliphatic rings. The van der Waals surface area contributed by atoms with Crippen molar-refractivity contribution in [3.8, 4) is 18.1 Å². The second-order valence-electron chi connectivity index (χ2n) is 9.23. The first-order valence-corrected chi connectivity index (χ1v) is 12.9. The van der Waals surface area contributed by atoms with E-state index < -0.39 is 54.9 Å². The van der Waals surface area contributed by atoms with Gasteiger partial charge in [0.2, 0.25) is 0 Å². The molecule has 0 saturated carbocycles. The number of hydrogen-bond acceptors (Lipinski definition) is 8. The van der Waals surface area contributed by atoms with E-state index in [2.05, 4.69) is 16.0 Å². The number of ether oxygens (including phenoxy) is 2. The van der Waals surface area contributed by atoms with Crippen molar-refractivity contribution < 1.29 is 27.9 Å². The average Bonchev–Trinajstić information content (AvgIpc) is 3.10. The van der Waals surface area contributed by atoms with E-state index in [1.165, 1.54) is 16.8 Å². The van der Waals surface area contributed by atoms with Crippen molar-refractivity contribution in [3.05, 3.63) is 63.4 Å². The number of nitrogens with zero attached hydrogens (tertiary/aromatic N) is 1. The van der Waals surface area contributed by atoms with Gasteiger partial charge in [-0.3, -0.25) is 18.9 Å². The molecule has 0 aliphatic carbocycles. The fourth-order valence-corrected chi connectivity index (χ4v) is 5.20. The minimum absolute atomic E-state index is 0.203. The predicted molar refractivity (Wildman–Crippen MR) is 131 cm³/mol. The Bertz CT molecular complexity index is 1260. The molecule has 1 fully saturated rings. The number of terminal acetylenes is 1. The molecule has 0 amide bonds. The minimum Gasteiger partial charge on any atom is -0.461 e. The zero-order valence-electron chi connectivity index (χ0n) is 20.5. The summed E-state index contributed by atoms with van der Waals surface area (Å²) < 4.78 is 37.4. The van der Waals surface area contributed by atoms with Gasteiger partial charge in [0.05, 0.1) is 18.8 Å². The number of aromatic amines is 1. The molecule has 11 nitrogen and oxygen atoms in total. The lowest BCUT2D eigenvalue weighted by Crippen LogP contribution is -2.38. The second-order valence-corrected chi connectivity index (χ2v) is 10.9. The van der Waals surface area contributed by atoms with Crippen molar-refractivity contribution in [1.82, 2.24) is 14.6 Å². The van der Waals surface area contributed by atoms with Crippen LogP contribution in [0.2, 0.25) is 0 Å². The SMILES string of the molecule is C#C[C@H](NP(=O)(OC[C@@H]1CC(C)(C)[C@H](n2ccc(=O)[nH]c2=O)O1)Oc1ccccc1)C(=O)OC(C)C. The molecule has 2 N–H and O–H groups in total. The lowest BCUT2D eigenvalue weighted by atomic mass is 9.87. The number of rotatable bonds is 10. The fourth-order valence-electron chi connectivity index (χ4n) is 3.76. The van der Waals surface area contributed by atoms with Crippen LogP contribution < -0.4 is 20.9 Å². The van der Waals surface area contributed by atoms with E-state index in [1.54, 1.807) is 44.2 Å². The lowest BCUT2D eigenvalue weighted by Gasteiger charge is -2.26. The summed E-state index contributed by atoms with van der Waals surface area (Å²) >= 11 is 0. The minimum atomic E-state index is -4.20. The average molecular weight is 519 g/mol. The van der Waals surface area contributed by atoms with Crippen LogP contribution in [-0.2, 0) is 23.4 Å². The third-order valence-electron chi connectivity index (χ3n) is 5.29. The number of para-hydroxylation sites is 1. The third kappa shape index (κ3) is 6.95. The molecule has 194 valence electrons. The summed E-state index contributed by atoms with van der Waals surface area (Å²) in [7, 11) is -4.20. The summed E-state index contributed by atoms with van der Waals surface area (Å²) in [5.41, 5.74) is -1.66. The molecule has 1 unspecified atom stereocenters. The third-order valence-corrected chi connectivity index (χ3v) is 6.80. The molecule has 1 aliphatic heterocycles. The summed E-state index contributed by atoms with van der Waals surface area (Å²) in [6, 6.07) is 8.10. The molecule has 36 heavy (non-hydrogen) atoms. The van der Waals surface area contributed by atoms with Crippen molar-refractivity contribution >= 4 is 13.7 Å². The molecule has 4 atom stereocenters. The Morgan fingerprint density at radius 1 is 1.31 bits per heavy atom. The Balaban J connectivity index is 1.78. The van der Waals surface area contributed by atoms with Gasteiger partial charge in [-0.1, -0.05) is 38.0 Å². The summed E-state index contributed by atoms with van der Waals surface area (Å²) in [5.74, 6) is 1.64. The van der Waals surface area contributed by atoms with Gasteiger partial charge >= 0.3 is 19.4 Å². The lowest BCUT2D eigenvalue weighted by molar-refractivity contribution is -0.148. The maximum Gasteiger partial charge on any atom is 0.460 e. The van der Waals surface area contributed by atoms with E-state index in [4.69, 9.17) is 24.9 Å². The van der Waals surface area contributed by atoms with Crippen molar-refractivity contribution in [1.29, 1.82) is 0 Å². The summed E-state index contributed by atoms with van der Waals surface area (Å²) in [4.78, 5) is 38.3. The summed E-state index contributed by atoms with van der Waals surface area (Å²) in [5, 5.41) is 2.49. The highest BCUT2D eigenvalue weighted by Gasteiger charge is 2.45. The highest BCUT2D eigenvalue weighted by molar-refractivity contribution is 7.52. The number of aromatic nitrogens is 2. The van der Waals surface area contributed by atoms with Gasteiger partial charge in [0.15, 0.2) is 6.04 Å². The van der Waals surface area contributed by atoms with Crippen LogP contribution in [0.1, 0.15) is 40.3 Å². The Hall–Kier alpha value is -3.16. The van der Waals surface area contributed by atoms with Crippen LogP contribution in [0.3, 0.4) is 0 Å². The van der Waals surface area contributed by atoms with Gasteiger partial charge in [0, 0.05) is 17.7 Å². The number of benzene rings is 1. The number of carbonyl (C=O) groups is 1. The van der Waals surface area contributed by atoms with Crippen molar-refractivity contribution in [2.45, 2.75) is 58.6 Å². The maximum atomic E-state index is 13.7. The molecule has 12 heteroatoms. The van der Waals surface area contributed by atoms with Crippen LogP contribution in [0.25, 0.3) is 0 Å². The molecule has 3 rings (SSSR count). The highest BCUT2D eigenvalue weighted by atomic mass is 31.2. The van der Waals surface area contributed by atoms with E-state index in [0.29, 0.717) is 6.42 Å². The fraction of sp³-hybridized carbons (Fsp3) is 0.458. The zero-order valence-corrected chi connectivity index (χ0v) is 21.4. The highest BCUT2D eigenvalue weighted by Crippen LogP contribution is 2.48. The van der Waals surface area contributed by atoms with Gasteiger partial charge in [-0.25, -0.2) is 14.2 Å². The molecule has 0 bridgehead atoms. The van der Waals surface area contributed by atoms with Crippen LogP contribution in [0, 0.1) is 17.8 Å². The topological polar surface area (TPSA) is 138 Å². The normalized spacial score (nSPS) is 21.3. The second kappa shape index (κ2) is 11.3. The largest absolute Gasteiger partial charge is 0.461 e. The first-order chi connectivity index (χ1) is 16.9. The first-order valence-electron chi connectivity index (χ1n) is 11.3. The van der Waals surface area contributed by atoms with Gasteiger partial charge in [-0.15, -0.1) is 6.42 Å². The van der Waals surface area contributed by atoms with Gasteiger partial charge in [0.1, 0.15) is 12.0 Å². The van der Waals surface area contributed by atoms with Crippen LogP contribution in [-0.4, -0.2) is 40.4 Å². The molecular weight excluding hydrogens is 489 g/mol. The summed E-state index contributed by atoms with van der Waals surface area (Å²) in [6.07, 6.45) is 5.54. The molecule has 1 saturated heterocycles. The number of carbonyl (C=O) groups excluding carboxylic acids is 1. The smallest absolute Gasteiger partial charge is 0.460 e. The number of nitrogens with one attached hydrogen (secondary N) is 2. The monoisotopic (exact) mass is 519 g/mol. The van der Waals surface area contributed by atoms with Crippen molar-refractivity contribution in [2.24, 2.45) is 5.41 Å². The Labute approximate surface area is 208 Å². The standard InChI is InChI=1S/C24H30N3O8P/c1-6-19(21(29)33-16(2)3)26-36(31,35-17-10-8-7-9-11-17)32-15-18-14-24(4,5)22(34-18)27-13-12-20(28)25-23(27)30/h1,7-13,16,18-19,22H,14-15H2,2-5H3,(H,26,31)(H,25,28,30)/t18-,19-,22+,36?/m0/s1. The van der Waals surface area contributed by atoms with E-state index in [1.807, 2.05) is 13.8 Å². The number of hydrogen-bond donors (Lipinski definition) is 2. The number of H-pyrrole nitrogens is 1. The van der Waals surface area contributed by atoms with Crippen LogP contribution in [0.15, 0.2) is 52.2 Å². The van der Waals surface area contributed by atoms with E-state index >= 15 is 0 Å². The molecule has 0 spiro atoms. The van der Waals surface area contributed by atoms with Gasteiger partial charge in [-0.2, -0.15) is 5.09 Å². The Kier molecular flexibility index (Phi) is 8.59. The Morgan fingerprint density at radius 3 is 2.61 bits per heavy atom. The summed E-state index contributed by atoms with van der Waals surface area (Å²) in [6.45, 7) is 6.90. The first kappa shape index (κ1) is 27.4. The molecular formula is C24H30N3O8P. The van der Waals surface area contributed by atoms with Crippen molar-refractivity contribution in [2.75, 3.05) is 6.61 Å². The quantitative estimate of drug-likeness (QED) is 0.276. The van der Waals surface area contributed by atoms with Crippen LogP contribution in [0.4, 0.5) is 0 Å². The molecule has 2 aromatic rings. The van der Waals surface area contributed by atoms with Gasteiger partial charge < -0.3 is 14.0 Å². The predicted octanol–water partition coefficient (Wildman–Crippen LogP) is 2.60. The van der Waals surface area contributed by atoms with E-state index in [-0.39, 0.29) is 12.4 Å². The van der Waals surface area contributed by atoms with Gasteiger partial charge in [0.25, 0.3) is 5.56 Å².